The monoisotopic (exact) mass is 229 g/mol. The summed E-state index contributed by atoms with van der Waals surface area (Å²) in [6.45, 7) is 2.49. The Kier molecular flexibility index (Phi) is 3.38. The van der Waals surface area contributed by atoms with Crippen molar-refractivity contribution in [3.8, 4) is 0 Å². The van der Waals surface area contributed by atoms with Gasteiger partial charge in [-0.1, -0.05) is 24.3 Å². The van der Waals surface area contributed by atoms with E-state index in [9.17, 15) is 9.59 Å². The molecule has 3 nitrogen and oxygen atoms in total. The highest BCUT2D eigenvalue weighted by molar-refractivity contribution is 6.05. The maximum atomic E-state index is 11.6. The zero-order valence-corrected chi connectivity index (χ0v) is 9.82. The molecule has 0 saturated carbocycles. The molecule has 1 aromatic rings. The van der Waals surface area contributed by atoms with Crippen LogP contribution in [-0.4, -0.2) is 18.2 Å². The Bertz CT molecular complexity index is 489. The second kappa shape index (κ2) is 4.95. The molecule has 1 amide bonds. The van der Waals surface area contributed by atoms with Crippen molar-refractivity contribution < 1.29 is 9.59 Å². The van der Waals surface area contributed by atoms with E-state index in [1.165, 1.54) is 0 Å². The van der Waals surface area contributed by atoms with E-state index < -0.39 is 0 Å². The molecule has 0 fully saturated rings. The number of nitrogens with one attached hydrogen (secondary N) is 1. The molecular formula is C14H15NO2. The predicted molar refractivity (Wildman–Crippen MR) is 66.4 cm³/mol. The number of amides is 1. The van der Waals surface area contributed by atoms with Gasteiger partial charge in [-0.25, -0.2) is 0 Å². The molecule has 2 rings (SSSR count). The van der Waals surface area contributed by atoms with Crippen LogP contribution in [0.2, 0.25) is 0 Å². The summed E-state index contributed by atoms with van der Waals surface area (Å²) in [4.78, 5) is 23.1. The zero-order valence-electron chi connectivity index (χ0n) is 9.82. The molecule has 0 radical (unpaired) electrons. The number of hydrogen-bond acceptors (Lipinski definition) is 2. The Morgan fingerprint density at radius 3 is 2.88 bits per heavy atom. The molecule has 0 bridgehead atoms. The molecule has 0 heterocycles. The van der Waals surface area contributed by atoms with Crippen molar-refractivity contribution >= 4 is 17.3 Å². The van der Waals surface area contributed by atoms with Crippen LogP contribution in [0.5, 0.6) is 0 Å². The normalized spacial score (nSPS) is 13.9. The third kappa shape index (κ3) is 2.61. The highest BCUT2D eigenvalue weighted by Gasteiger charge is 2.18. The van der Waals surface area contributed by atoms with Gasteiger partial charge in [0.05, 0.1) is 6.42 Å². The van der Waals surface area contributed by atoms with Crippen molar-refractivity contribution in [2.45, 2.75) is 19.8 Å². The number of rotatable bonds is 3. The predicted octanol–water partition coefficient (Wildman–Crippen LogP) is 1.72. The van der Waals surface area contributed by atoms with Gasteiger partial charge in [-0.05, 0) is 29.7 Å². The SMILES string of the molecule is CCNC(=O)CC1=CC(=O)Cc2ccccc21. The first-order valence-corrected chi connectivity index (χ1v) is 5.79. The summed E-state index contributed by atoms with van der Waals surface area (Å²) >= 11 is 0. The lowest BCUT2D eigenvalue weighted by Crippen LogP contribution is -2.23. The lowest BCUT2D eigenvalue weighted by molar-refractivity contribution is -0.119. The minimum Gasteiger partial charge on any atom is -0.356 e. The number of benzene rings is 1. The van der Waals surface area contributed by atoms with Crippen LogP contribution in [0.3, 0.4) is 0 Å². The summed E-state index contributed by atoms with van der Waals surface area (Å²) in [5.74, 6) is 0.0336. The first kappa shape index (κ1) is 11.6. The minimum atomic E-state index is -0.0387. The Morgan fingerprint density at radius 1 is 1.35 bits per heavy atom. The summed E-state index contributed by atoms with van der Waals surface area (Å²) < 4.78 is 0. The molecule has 0 atom stereocenters. The second-order valence-electron chi connectivity index (χ2n) is 4.10. The molecule has 0 saturated heterocycles. The summed E-state index contributed by atoms with van der Waals surface area (Å²) in [6.07, 6.45) is 2.31. The van der Waals surface area contributed by atoms with Crippen LogP contribution in [0.1, 0.15) is 24.5 Å². The van der Waals surface area contributed by atoms with E-state index in [4.69, 9.17) is 0 Å². The molecule has 0 aromatic heterocycles. The molecule has 0 unspecified atom stereocenters. The van der Waals surface area contributed by atoms with Crippen molar-refractivity contribution in [2.24, 2.45) is 0 Å². The first-order valence-electron chi connectivity index (χ1n) is 5.79. The Labute approximate surface area is 101 Å². The maximum Gasteiger partial charge on any atom is 0.224 e. The van der Waals surface area contributed by atoms with Crippen molar-refractivity contribution in [3.05, 3.63) is 41.5 Å². The molecule has 1 aromatic carbocycles. The number of carbonyl (C=O) groups excluding carboxylic acids is 2. The molecule has 1 aliphatic carbocycles. The molecule has 1 aliphatic rings. The number of ketones is 1. The Hall–Kier alpha value is -1.90. The molecule has 88 valence electrons. The largest absolute Gasteiger partial charge is 0.356 e. The fourth-order valence-electron chi connectivity index (χ4n) is 2.08. The van der Waals surface area contributed by atoms with Gasteiger partial charge >= 0.3 is 0 Å². The van der Waals surface area contributed by atoms with Crippen molar-refractivity contribution in [3.63, 3.8) is 0 Å². The number of carbonyl (C=O) groups is 2. The topological polar surface area (TPSA) is 46.2 Å². The van der Waals surface area contributed by atoms with Gasteiger partial charge in [0, 0.05) is 13.0 Å². The zero-order chi connectivity index (χ0) is 12.3. The quantitative estimate of drug-likeness (QED) is 0.857. The maximum absolute atomic E-state index is 11.6. The number of hydrogen-bond donors (Lipinski definition) is 1. The average molecular weight is 229 g/mol. The lowest BCUT2D eigenvalue weighted by atomic mass is 9.88. The van der Waals surface area contributed by atoms with Gasteiger partial charge in [-0.15, -0.1) is 0 Å². The average Bonchev–Trinajstić information content (AvgIpc) is 2.29. The van der Waals surface area contributed by atoms with Crippen molar-refractivity contribution in [1.29, 1.82) is 0 Å². The molecule has 0 spiro atoms. The van der Waals surface area contributed by atoms with Gasteiger partial charge in [0.1, 0.15) is 0 Å². The van der Waals surface area contributed by atoms with E-state index in [-0.39, 0.29) is 18.1 Å². The van der Waals surface area contributed by atoms with Gasteiger partial charge in [-0.3, -0.25) is 9.59 Å². The van der Waals surface area contributed by atoms with Crippen LogP contribution in [-0.2, 0) is 16.0 Å². The highest BCUT2D eigenvalue weighted by Crippen LogP contribution is 2.27. The van der Waals surface area contributed by atoms with Gasteiger partial charge in [-0.2, -0.15) is 0 Å². The molecule has 17 heavy (non-hydrogen) atoms. The van der Waals surface area contributed by atoms with Crippen LogP contribution in [0.25, 0.3) is 5.57 Å². The van der Waals surface area contributed by atoms with E-state index in [2.05, 4.69) is 5.32 Å². The van der Waals surface area contributed by atoms with Gasteiger partial charge < -0.3 is 5.32 Å². The summed E-state index contributed by atoms with van der Waals surface area (Å²) in [5.41, 5.74) is 2.86. The fraction of sp³-hybridized carbons (Fsp3) is 0.286. The molecular weight excluding hydrogens is 214 g/mol. The number of fused-ring (bicyclic) bond motifs is 1. The summed E-state index contributed by atoms with van der Waals surface area (Å²) in [6, 6.07) is 7.76. The van der Waals surface area contributed by atoms with E-state index in [0.29, 0.717) is 13.0 Å². The van der Waals surface area contributed by atoms with Gasteiger partial charge in [0.15, 0.2) is 5.78 Å². The van der Waals surface area contributed by atoms with E-state index >= 15 is 0 Å². The molecule has 3 heteroatoms. The summed E-state index contributed by atoms with van der Waals surface area (Å²) in [7, 11) is 0. The van der Waals surface area contributed by atoms with E-state index in [1.807, 2.05) is 31.2 Å². The van der Waals surface area contributed by atoms with Crippen molar-refractivity contribution in [1.82, 2.24) is 5.32 Å². The molecule has 0 aliphatic heterocycles. The van der Waals surface area contributed by atoms with Gasteiger partial charge in [0.25, 0.3) is 0 Å². The standard InChI is InChI=1S/C14H15NO2/c1-2-15-14(17)9-11-8-12(16)7-10-5-3-4-6-13(10)11/h3-6,8H,2,7,9H2,1H3,(H,15,17). The van der Waals surface area contributed by atoms with Gasteiger partial charge in [0.2, 0.25) is 5.91 Å². The minimum absolute atomic E-state index is 0.0387. The summed E-state index contributed by atoms with van der Waals surface area (Å²) in [5, 5.41) is 2.75. The Balaban J connectivity index is 2.26. The Morgan fingerprint density at radius 2 is 2.12 bits per heavy atom. The highest BCUT2D eigenvalue weighted by atomic mass is 16.1. The van der Waals surface area contributed by atoms with Crippen molar-refractivity contribution in [2.75, 3.05) is 6.54 Å². The molecule has 1 N–H and O–H groups in total. The third-order valence-electron chi connectivity index (χ3n) is 2.79. The first-order chi connectivity index (χ1) is 8.20. The third-order valence-corrected chi connectivity index (χ3v) is 2.79. The lowest BCUT2D eigenvalue weighted by Gasteiger charge is -2.16. The van der Waals surface area contributed by atoms with Crippen LogP contribution < -0.4 is 5.32 Å². The smallest absolute Gasteiger partial charge is 0.224 e. The van der Waals surface area contributed by atoms with Crippen LogP contribution in [0.15, 0.2) is 30.3 Å². The fourth-order valence-corrected chi connectivity index (χ4v) is 2.08. The second-order valence-corrected chi connectivity index (χ2v) is 4.10. The number of allylic oxidation sites excluding steroid dienone is 1. The van der Waals surface area contributed by atoms with Crippen LogP contribution in [0, 0.1) is 0 Å². The van der Waals surface area contributed by atoms with Crippen LogP contribution in [0.4, 0.5) is 0 Å². The van der Waals surface area contributed by atoms with E-state index in [1.54, 1.807) is 6.08 Å². The van der Waals surface area contributed by atoms with Crippen LogP contribution >= 0.6 is 0 Å². The van der Waals surface area contributed by atoms with E-state index in [0.717, 1.165) is 16.7 Å².